The molecular weight excluding hydrogens is 382 g/mol. The molecule has 1 unspecified atom stereocenters. The van der Waals surface area contributed by atoms with E-state index in [9.17, 15) is 4.79 Å². The standard InChI is InChI=1S/C27H35N3O/c1-19-12-20(2)14-21(13-19)17-29-10-7-22(8-11-29)23-5-6-26-24(15-23)18-30(27(26)31)25-4-3-9-28-16-25/h5-6,12-15,22,25,28H,3-4,7-11,16-18H2,1-2H3. The fraction of sp³-hybridized carbons (Fsp3) is 0.519. The highest BCUT2D eigenvalue weighted by Crippen LogP contribution is 2.33. The van der Waals surface area contributed by atoms with Crippen LogP contribution in [0.25, 0.3) is 0 Å². The predicted molar refractivity (Wildman–Crippen MR) is 125 cm³/mol. The number of hydrogen-bond donors (Lipinski definition) is 1. The van der Waals surface area contributed by atoms with Crippen LogP contribution in [0.1, 0.15) is 69.8 Å². The molecule has 2 aromatic rings. The SMILES string of the molecule is Cc1cc(C)cc(CN2CCC(c3ccc4c(c3)CN(C3CCCNC3)C4=O)CC2)c1. The van der Waals surface area contributed by atoms with Crippen molar-refractivity contribution in [2.75, 3.05) is 26.2 Å². The molecule has 5 rings (SSSR count). The summed E-state index contributed by atoms with van der Waals surface area (Å²) in [6, 6.07) is 13.9. The number of likely N-dealkylation sites (tertiary alicyclic amines) is 1. The Labute approximate surface area is 186 Å². The molecule has 2 saturated heterocycles. The third kappa shape index (κ3) is 4.42. The molecule has 0 bridgehead atoms. The van der Waals surface area contributed by atoms with E-state index in [1.807, 2.05) is 0 Å². The maximum Gasteiger partial charge on any atom is 0.254 e. The van der Waals surface area contributed by atoms with E-state index in [1.54, 1.807) is 0 Å². The number of nitrogens with zero attached hydrogens (tertiary/aromatic N) is 2. The zero-order chi connectivity index (χ0) is 21.4. The van der Waals surface area contributed by atoms with Gasteiger partial charge in [-0.1, -0.05) is 41.5 Å². The minimum Gasteiger partial charge on any atom is -0.330 e. The van der Waals surface area contributed by atoms with E-state index in [1.165, 1.54) is 40.7 Å². The molecular formula is C27H35N3O. The minimum absolute atomic E-state index is 0.235. The first-order valence-electron chi connectivity index (χ1n) is 12.0. The summed E-state index contributed by atoms with van der Waals surface area (Å²) in [5, 5.41) is 3.45. The molecule has 1 amide bonds. The van der Waals surface area contributed by atoms with Crippen LogP contribution in [0.3, 0.4) is 0 Å². The molecule has 0 saturated carbocycles. The Morgan fingerprint density at radius 1 is 1.00 bits per heavy atom. The van der Waals surface area contributed by atoms with Gasteiger partial charge in [-0.2, -0.15) is 0 Å². The maximum absolute atomic E-state index is 12.9. The molecule has 0 radical (unpaired) electrons. The summed E-state index contributed by atoms with van der Waals surface area (Å²) in [6.07, 6.45) is 4.69. The van der Waals surface area contributed by atoms with E-state index in [2.05, 4.69) is 65.4 Å². The van der Waals surface area contributed by atoms with Crippen molar-refractivity contribution in [2.24, 2.45) is 0 Å². The highest BCUT2D eigenvalue weighted by Gasteiger charge is 2.34. The van der Waals surface area contributed by atoms with Crippen LogP contribution in [0.5, 0.6) is 0 Å². The number of aryl methyl sites for hydroxylation is 2. The second kappa shape index (κ2) is 8.76. The lowest BCUT2D eigenvalue weighted by atomic mass is 9.87. The summed E-state index contributed by atoms with van der Waals surface area (Å²) in [5.41, 5.74) is 7.75. The number of carbonyl (C=O) groups is 1. The normalized spacial score (nSPS) is 22.7. The first-order chi connectivity index (χ1) is 15.1. The van der Waals surface area contributed by atoms with Gasteiger partial charge in [0.15, 0.2) is 0 Å². The Morgan fingerprint density at radius 2 is 1.77 bits per heavy atom. The third-order valence-corrected chi connectivity index (χ3v) is 7.42. The van der Waals surface area contributed by atoms with Gasteiger partial charge in [0.2, 0.25) is 0 Å². The van der Waals surface area contributed by atoms with Crippen molar-refractivity contribution in [1.82, 2.24) is 15.1 Å². The lowest BCUT2D eigenvalue weighted by molar-refractivity contribution is 0.0674. The number of piperidine rings is 2. The van der Waals surface area contributed by atoms with Crippen LogP contribution in [0.2, 0.25) is 0 Å². The average molecular weight is 418 g/mol. The van der Waals surface area contributed by atoms with Gasteiger partial charge in [0.05, 0.1) is 0 Å². The molecule has 1 N–H and O–H groups in total. The lowest BCUT2D eigenvalue weighted by Gasteiger charge is -2.32. The average Bonchev–Trinajstić information content (AvgIpc) is 3.10. The Kier molecular flexibility index (Phi) is 5.85. The van der Waals surface area contributed by atoms with E-state index < -0.39 is 0 Å². The maximum atomic E-state index is 12.9. The zero-order valence-electron chi connectivity index (χ0n) is 19.0. The van der Waals surface area contributed by atoms with Crippen LogP contribution < -0.4 is 5.32 Å². The summed E-state index contributed by atoms with van der Waals surface area (Å²) in [5.74, 6) is 0.847. The summed E-state index contributed by atoms with van der Waals surface area (Å²) in [6.45, 7) is 10.5. The molecule has 1 atom stereocenters. The number of nitrogens with one attached hydrogen (secondary N) is 1. The van der Waals surface area contributed by atoms with E-state index >= 15 is 0 Å². The highest BCUT2D eigenvalue weighted by molar-refractivity contribution is 5.98. The quantitative estimate of drug-likeness (QED) is 0.801. The molecule has 0 aliphatic carbocycles. The molecule has 3 aliphatic rings. The van der Waals surface area contributed by atoms with Gasteiger partial charge in [-0.05, 0) is 87.8 Å². The number of rotatable bonds is 4. The predicted octanol–water partition coefficient (Wildman–Crippen LogP) is 4.39. The van der Waals surface area contributed by atoms with Crippen LogP contribution in [0.15, 0.2) is 36.4 Å². The van der Waals surface area contributed by atoms with Crippen molar-refractivity contribution < 1.29 is 4.79 Å². The van der Waals surface area contributed by atoms with Crippen molar-refractivity contribution in [3.05, 3.63) is 69.8 Å². The van der Waals surface area contributed by atoms with E-state index in [0.29, 0.717) is 12.0 Å². The first-order valence-corrected chi connectivity index (χ1v) is 12.0. The van der Waals surface area contributed by atoms with Gasteiger partial charge < -0.3 is 10.2 Å². The fourth-order valence-electron chi connectivity index (χ4n) is 5.85. The second-order valence-electron chi connectivity index (χ2n) is 9.90. The summed E-state index contributed by atoms with van der Waals surface area (Å²) in [4.78, 5) is 17.6. The first kappa shape index (κ1) is 20.7. The Morgan fingerprint density at radius 3 is 2.48 bits per heavy atom. The van der Waals surface area contributed by atoms with E-state index in [0.717, 1.165) is 57.7 Å². The number of fused-ring (bicyclic) bond motifs is 1. The molecule has 164 valence electrons. The van der Waals surface area contributed by atoms with Crippen LogP contribution >= 0.6 is 0 Å². The second-order valence-corrected chi connectivity index (χ2v) is 9.90. The van der Waals surface area contributed by atoms with Crippen molar-refractivity contribution in [3.8, 4) is 0 Å². The Balaban J connectivity index is 1.21. The summed E-state index contributed by atoms with van der Waals surface area (Å²) >= 11 is 0. The van der Waals surface area contributed by atoms with Crippen molar-refractivity contribution >= 4 is 5.91 Å². The van der Waals surface area contributed by atoms with E-state index in [-0.39, 0.29) is 5.91 Å². The molecule has 4 nitrogen and oxygen atoms in total. The molecule has 3 heterocycles. The number of hydrogen-bond acceptors (Lipinski definition) is 3. The van der Waals surface area contributed by atoms with Gasteiger partial charge in [-0.15, -0.1) is 0 Å². The van der Waals surface area contributed by atoms with Gasteiger partial charge in [-0.3, -0.25) is 9.69 Å². The molecule has 0 spiro atoms. The van der Waals surface area contributed by atoms with Gasteiger partial charge in [0.25, 0.3) is 5.91 Å². The van der Waals surface area contributed by atoms with Gasteiger partial charge in [0, 0.05) is 31.2 Å². The van der Waals surface area contributed by atoms with Gasteiger partial charge in [0.1, 0.15) is 0 Å². The molecule has 3 aliphatic heterocycles. The van der Waals surface area contributed by atoms with Crippen molar-refractivity contribution in [2.45, 2.75) is 64.6 Å². The van der Waals surface area contributed by atoms with Crippen molar-refractivity contribution in [3.63, 3.8) is 0 Å². The number of carbonyl (C=O) groups excluding carboxylic acids is 1. The van der Waals surface area contributed by atoms with Crippen LogP contribution in [0.4, 0.5) is 0 Å². The fourth-order valence-corrected chi connectivity index (χ4v) is 5.85. The molecule has 2 aromatic carbocycles. The summed E-state index contributed by atoms with van der Waals surface area (Å²) in [7, 11) is 0. The zero-order valence-corrected chi connectivity index (χ0v) is 19.0. The molecule has 31 heavy (non-hydrogen) atoms. The largest absolute Gasteiger partial charge is 0.330 e. The molecule has 2 fully saturated rings. The monoisotopic (exact) mass is 417 g/mol. The van der Waals surface area contributed by atoms with Gasteiger partial charge in [-0.25, -0.2) is 0 Å². The number of benzene rings is 2. The summed E-state index contributed by atoms with van der Waals surface area (Å²) < 4.78 is 0. The van der Waals surface area contributed by atoms with Crippen LogP contribution in [-0.4, -0.2) is 47.9 Å². The van der Waals surface area contributed by atoms with Gasteiger partial charge >= 0.3 is 0 Å². The van der Waals surface area contributed by atoms with E-state index in [4.69, 9.17) is 0 Å². The molecule has 0 aromatic heterocycles. The third-order valence-electron chi connectivity index (χ3n) is 7.42. The van der Waals surface area contributed by atoms with Crippen molar-refractivity contribution in [1.29, 1.82) is 0 Å². The Bertz CT molecular complexity index is 935. The molecule has 4 heteroatoms. The number of amides is 1. The minimum atomic E-state index is 0.235. The lowest BCUT2D eigenvalue weighted by Crippen LogP contribution is -2.46. The highest BCUT2D eigenvalue weighted by atomic mass is 16.2. The smallest absolute Gasteiger partial charge is 0.254 e. The Hall–Kier alpha value is -2.17. The topological polar surface area (TPSA) is 35.6 Å². The van der Waals surface area contributed by atoms with Crippen LogP contribution in [-0.2, 0) is 13.1 Å². The van der Waals surface area contributed by atoms with Crippen LogP contribution in [0, 0.1) is 13.8 Å².